The molecule has 2 aliphatic heterocycles. The Kier molecular flexibility index (Phi) is 6.02. The summed E-state index contributed by atoms with van der Waals surface area (Å²) in [4.78, 5) is 19.0. The number of thiocarbonyl (C=S) groups is 1. The topological polar surface area (TPSA) is 26.8 Å². The molecule has 2 aromatic rings. The van der Waals surface area contributed by atoms with Gasteiger partial charge in [0.05, 0.1) is 0 Å². The molecule has 6 heteroatoms. The van der Waals surface area contributed by atoms with Crippen LogP contribution in [0.3, 0.4) is 0 Å². The van der Waals surface area contributed by atoms with Crippen LogP contribution in [0.1, 0.15) is 25.0 Å². The van der Waals surface area contributed by atoms with Crippen molar-refractivity contribution in [2.75, 3.05) is 22.9 Å². The summed E-state index contributed by atoms with van der Waals surface area (Å²) in [7, 11) is 0. The zero-order valence-corrected chi connectivity index (χ0v) is 20.8. The van der Waals surface area contributed by atoms with Gasteiger partial charge < -0.3 is 0 Å². The quantitative estimate of drug-likeness (QED) is 0.341. The second-order valence-electron chi connectivity index (χ2n) is 7.31. The van der Waals surface area contributed by atoms with Crippen molar-refractivity contribution in [1.29, 1.82) is 0 Å². The summed E-state index contributed by atoms with van der Waals surface area (Å²) in [5.41, 5.74) is 5.54. The van der Waals surface area contributed by atoms with Gasteiger partial charge in [0.15, 0.2) is 0 Å². The van der Waals surface area contributed by atoms with Crippen molar-refractivity contribution < 1.29 is 4.79 Å². The molecule has 0 unspecified atom stereocenters. The number of nitrogens with zero attached hydrogens (tertiary/aromatic N) is 3. The van der Waals surface area contributed by atoms with E-state index in [4.69, 9.17) is 12.2 Å². The molecular formula is C24H25N3OSTe. The minimum absolute atomic E-state index is 0.0333. The van der Waals surface area contributed by atoms with E-state index in [0.717, 1.165) is 12.2 Å². The molecular weight excluding hydrogens is 506 g/mol. The summed E-state index contributed by atoms with van der Waals surface area (Å²) in [6, 6.07) is 14.5. The van der Waals surface area contributed by atoms with Gasteiger partial charge in [-0.1, -0.05) is 0 Å². The van der Waals surface area contributed by atoms with Crippen molar-refractivity contribution in [2.24, 2.45) is 0 Å². The minimum atomic E-state index is -0.496. The van der Waals surface area contributed by atoms with Crippen LogP contribution in [0.5, 0.6) is 0 Å². The van der Waals surface area contributed by atoms with Crippen LogP contribution in [-0.2, 0) is 4.79 Å². The van der Waals surface area contributed by atoms with Gasteiger partial charge >= 0.3 is 195 Å². The van der Waals surface area contributed by atoms with Crippen LogP contribution < -0.4 is 13.4 Å². The predicted octanol–water partition coefficient (Wildman–Crippen LogP) is 3.85. The van der Waals surface area contributed by atoms with Crippen LogP contribution >= 0.6 is 12.2 Å². The molecule has 1 amide bonds. The van der Waals surface area contributed by atoms with E-state index < -0.39 is 20.9 Å². The van der Waals surface area contributed by atoms with E-state index in [-0.39, 0.29) is 5.91 Å². The monoisotopic (exact) mass is 533 g/mol. The number of likely N-dealkylation sites (N-methyl/N-ethyl adjacent to an activating group) is 1. The van der Waals surface area contributed by atoms with Gasteiger partial charge in [-0.2, -0.15) is 0 Å². The van der Waals surface area contributed by atoms with Gasteiger partial charge in [0, 0.05) is 0 Å². The molecule has 4 rings (SSSR count). The van der Waals surface area contributed by atoms with Crippen LogP contribution in [0.15, 0.2) is 64.1 Å². The fraction of sp³-hybridized carbons (Fsp3) is 0.250. The first-order valence-electron chi connectivity index (χ1n) is 10.2. The predicted molar refractivity (Wildman–Crippen MR) is 129 cm³/mol. The summed E-state index contributed by atoms with van der Waals surface area (Å²) in [6.45, 7) is 9.97. The average molecular weight is 531 g/mol. The Balaban J connectivity index is 1.74. The van der Waals surface area contributed by atoms with E-state index in [1.54, 1.807) is 4.90 Å². The second kappa shape index (κ2) is 8.55. The summed E-state index contributed by atoms with van der Waals surface area (Å²) in [6.07, 6.45) is 4.10. The molecule has 0 bridgehead atoms. The van der Waals surface area contributed by atoms with Gasteiger partial charge in [0.25, 0.3) is 0 Å². The molecule has 4 nitrogen and oxygen atoms in total. The number of benzene rings is 2. The van der Waals surface area contributed by atoms with Gasteiger partial charge in [0.1, 0.15) is 0 Å². The number of allylic oxidation sites excluding steroid dienone is 2. The average Bonchev–Trinajstić information content (AvgIpc) is 3.20. The molecule has 0 saturated carbocycles. The molecule has 0 aromatic heterocycles. The van der Waals surface area contributed by atoms with Crippen molar-refractivity contribution >= 4 is 59.1 Å². The van der Waals surface area contributed by atoms with E-state index in [0.29, 0.717) is 17.4 Å². The molecule has 2 aliphatic rings. The first kappa shape index (κ1) is 21.1. The van der Waals surface area contributed by atoms with Crippen LogP contribution in [-0.4, -0.2) is 49.9 Å². The van der Waals surface area contributed by atoms with Gasteiger partial charge in [-0.15, -0.1) is 0 Å². The third-order valence-electron chi connectivity index (χ3n) is 5.50. The van der Waals surface area contributed by atoms with E-state index >= 15 is 0 Å². The molecule has 0 spiro atoms. The zero-order valence-electron chi connectivity index (χ0n) is 17.7. The van der Waals surface area contributed by atoms with Crippen LogP contribution in [0.4, 0.5) is 11.4 Å². The molecule has 1 fully saturated rings. The molecule has 0 atom stereocenters. The van der Waals surface area contributed by atoms with Gasteiger partial charge in [0.2, 0.25) is 0 Å². The number of carbonyl (C=O) groups is 1. The Labute approximate surface area is 193 Å². The first-order chi connectivity index (χ1) is 14.5. The molecule has 1 saturated heterocycles. The molecule has 0 aliphatic carbocycles. The molecule has 0 radical (unpaired) electrons. The Bertz CT molecular complexity index is 1080. The molecule has 2 heterocycles. The number of hydrogen-bond donors (Lipinski definition) is 0. The van der Waals surface area contributed by atoms with Gasteiger partial charge in [-0.3, -0.25) is 0 Å². The summed E-state index contributed by atoms with van der Waals surface area (Å²) in [5, 5.41) is 0.545. The summed E-state index contributed by atoms with van der Waals surface area (Å²) in [5.74, 6) is -0.0333. The van der Waals surface area contributed by atoms with Crippen molar-refractivity contribution in [3.8, 4) is 0 Å². The van der Waals surface area contributed by atoms with Crippen LogP contribution in [0.2, 0.25) is 0 Å². The van der Waals surface area contributed by atoms with E-state index in [1.807, 2.05) is 48.2 Å². The number of fused-ring (bicyclic) bond motifs is 1. The van der Waals surface area contributed by atoms with Crippen LogP contribution in [0, 0.1) is 13.8 Å². The number of hydrogen-bond acceptors (Lipinski definition) is 3. The van der Waals surface area contributed by atoms with Gasteiger partial charge in [-0.25, -0.2) is 0 Å². The third kappa shape index (κ3) is 3.58. The second-order valence-corrected chi connectivity index (χ2v) is 10.7. The molecule has 30 heavy (non-hydrogen) atoms. The number of para-hydroxylation sites is 1. The van der Waals surface area contributed by atoms with E-state index in [9.17, 15) is 4.79 Å². The zero-order chi connectivity index (χ0) is 21.4. The number of anilines is 2. The number of aryl methyl sites for hydroxylation is 2. The number of rotatable bonds is 4. The molecule has 2 aromatic carbocycles. The third-order valence-corrected chi connectivity index (χ3v) is 9.08. The van der Waals surface area contributed by atoms with E-state index in [1.165, 1.54) is 24.2 Å². The number of amides is 1. The fourth-order valence-corrected chi connectivity index (χ4v) is 7.61. The number of carbonyl (C=O) groups excluding carboxylic acids is 1. The Morgan fingerprint density at radius 2 is 1.63 bits per heavy atom. The first-order valence-corrected chi connectivity index (χ1v) is 12.9. The van der Waals surface area contributed by atoms with Gasteiger partial charge in [-0.05, 0) is 0 Å². The van der Waals surface area contributed by atoms with Crippen molar-refractivity contribution in [3.63, 3.8) is 0 Å². The molecule has 0 N–H and O–H groups in total. The maximum atomic E-state index is 13.1. The Morgan fingerprint density at radius 3 is 2.30 bits per heavy atom. The normalized spacial score (nSPS) is 18.9. The summed E-state index contributed by atoms with van der Waals surface area (Å²) < 4.78 is 2.80. The fourth-order valence-electron chi connectivity index (χ4n) is 3.75. The standard InChI is InChI=1S/C24H25N3OSTe/c1-5-25-20-14-16(3)17(4)15-21(20)30-22(25)13-12-19-23(28)26(6-2)24(29)27(19)18-10-8-7-9-11-18/h7-15H,5-6H2,1-4H3. The SMILES string of the molecule is CCN1C(=O)C(=CC=C2[Te]c3cc(C)c(C)cc3N2CC)N(c2ccccc2)C1=S. The van der Waals surface area contributed by atoms with Crippen molar-refractivity contribution in [2.45, 2.75) is 27.7 Å². The molecule has 154 valence electrons. The van der Waals surface area contributed by atoms with E-state index in [2.05, 4.69) is 43.9 Å². The Morgan fingerprint density at radius 1 is 0.967 bits per heavy atom. The summed E-state index contributed by atoms with van der Waals surface area (Å²) >= 11 is 5.15. The van der Waals surface area contributed by atoms with Crippen molar-refractivity contribution in [3.05, 3.63) is 75.2 Å². The maximum absolute atomic E-state index is 13.1. The Hall–Kier alpha value is -2.13. The van der Waals surface area contributed by atoms with Crippen molar-refractivity contribution in [1.82, 2.24) is 4.90 Å². The van der Waals surface area contributed by atoms with Crippen LogP contribution in [0.25, 0.3) is 0 Å².